The molecule has 0 bridgehead atoms. The standard InChI is InChI=1S/C13H19NO2Si/c1-17(2,3)11-7-10-14-13(15)16-12-8-5-4-6-9-12/h4-10H,11H2,1-3H3,(H,14,15). The summed E-state index contributed by atoms with van der Waals surface area (Å²) in [5.74, 6) is 0.545. The number of benzene rings is 1. The lowest BCUT2D eigenvalue weighted by Gasteiger charge is -2.11. The molecule has 17 heavy (non-hydrogen) atoms. The molecule has 1 aromatic rings. The smallest absolute Gasteiger partial charge is 0.410 e. The molecule has 0 aliphatic rings. The Labute approximate surface area is 104 Å². The normalized spacial score (nSPS) is 11.5. The number of nitrogens with one attached hydrogen (secondary N) is 1. The van der Waals surface area contributed by atoms with Gasteiger partial charge in [-0.1, -0.05) is 43.9 Å². The van der Waals surface area contributed by atoms with E-state index in [0.29, 0.717) is 5.75 Å². The quantitative estimate of drug-likeness (QED) is 0.828. The van der Waals surface area contributed by atoms with Gasteiger partial charge in [-0.05, 0) is 18.2 Å². The van der Waals surface area contributed by atoms with Gasteiger partial charge in [-0.2, -0.15) is 0 Å². The fraction of sp³-hybridized carbons (Fsp3) is 0.308. The monoisotopic (exact) mass is 249 g/mol. The van der Waals surface area contributed by atoms with Crippen LogP contribution in [0.3, 0.4) is 0 Å². The summed E-state index contributed by atoms with van der Waals surface area (Å²) < 4.78 is 5.06. The van der Waals surface area contributed by atoms with Crippen molar-refractivity contribution in [1.29, 1.82) is 0 Å². The summed E-state index contributed by atoms with van der Waals surface area (Å²) in [4.78, 5) is 11.4. The minimum absolute atomic E-state index is 0.456. The molecule has 0 saturated carbocycles. The number of para-hydroxylation sites is 1. The highest BCUT2D eigenvalue weighted by atomic mass is 28.3. The van der Waals surface area contributed by atoms with Gasteiger partial charge in [0.2, 0.25) is 0 Å². The maximum atomic E-state index is 11.4. The summed E-state index contributed by atoms with van der Waals surface area (Å²) in [6.45, 7) is 6.83. The van der Waals surface area contributed by atoms with Crippen LogP contribution in [0.5, 0.6) is 5.75 Å². The molecule has 0 radical (unpaired) electrons. The summed E-state index contributed by atoms with van der Waals surface area (Å²) in [6, 6.07) is 10.0. The Morgan fingerprint density at radius 2 is 1.94 bits per heavy atom. The summed E-state index contributed by atoms with van der Waals surface area (Å²) in [5.41, 5.74) is 0. The first-order chi connectivity index (χ1) is 7.97. The number of hydrogen-bond acceptors (Lipinski definition) is 2. The summed E-state index contributed by atoms with van der Waals surface area (Å²) in [7, 11) is -1.08. The van der Waals surface area contributed by atoms with E-state index in [4.69, 9.17) is 4.74 Å². The van der Waals surface area contributed by atoms with Crippen LogP contribution in [0.15, 0.2) is 42.6 Å². The molecule has 4 heteroatoms. The van der Waals surface area contributed by atoms with Crippen molar-refractivity contribution in [2.24, 2.45) is 0 Å². The first kappa shape index (κ1) is 13.5. The van der Waals surface area contributed by atoms with Crippen molar-refractivity contribution < 1.29 is 9.53 Å². The molecule has 1 rings (SSSR count). The zero-order valence-corrected chi connectivity index (χ0v) is 11.6. The van der Waals surface area contributed by atoms with Crippen LogP contribution in [0.4, 0.5) is 4.79 Å². The largest absolute Gasteiger partial charge is 0.416 e. The van der Waals surface area contributed by atoms with E-state index in [-0.39, 0.29) is 0 Å². The molecule has 1 aromatic carbocycles. The molecule has 0 aliphatic carbocycles. The molecular weight excluding hydrogens is 230 g/mol. The highest BCUT2D eigenvalue weighted by Crippen LogP contribution is 2.09. The lowest BCUT2D eigenvalue weighted by Crippen LogP contribution is -2.22. The van der Waals surface area contributed by atoms with Crippen molar-refractivity contribution in [2.75, 3.05) is 0 Å². The number of rotatable bonds is 4. The fourth-order valence-corrected chi connectivity index (χ4v) is 1.99. The number of ether oxygens (including phenoxy) is 1. The molecule has 1 amide bonds. The van der Waals surface area contributed by atoms with Crippen molar-refractivity contribution in [1.82, 2.24) is 5.32 Å². The lowest BCUT2D eigenvalue weighted by molar-refractivity contribution is 0.204. The van der Waals surface area contributed by atoms with Gasteiger partial charge in [-0.25, -0.2) is 4.79 Å². The van der Waals surface area contributed by atoms with E-state index in [2.05, 4.69) is 25.0 Å². The van der Waals surface area contributed by atoms with Crippen LogP contribution in [-0.4, -0.2) is 14.2 Å². The number of hydrogen-bond donors (Lipinski definition) is 1. The van der Waals surface area contributed by atoms with Gasteiger partial charge in [0.25, 0.3) is 0 Å². The van der Waals surface area contributed by atoms with Crippen LogP contribution >= 0.6 is 0 Å². The van der Waals surface area contributed by atoms with E-state index in [0.717, 1.165) is 6.04 Å². The average molecular weight is 249 g/mol. The first-order valence-electron chi connectivity index (χ1n) is 5.66. The van der Waals surface area contributed by atoms with E-state index in [1.807, 2.05) is 24.3 Å². The van der Waals surface area contributed by atoms with Gasteiger partial charge in [-0.3, -0.25) is 5.32 Å². The minimum Gasteiger partial charge on any atom is -0.410 e. The van der Waals surface area contributed by atoms with E-state index < -0.39 is 14.2 Å². The van der Waals surface area contributed by atoms with Gasteiger partial charge in [0.1, 0.15) is 5.75 Å². The molecule has 0 aromatic heterocycles. The predicted octanol–water partition coefficient (Wildman–Crippen LogP) is 3.63. The lowest BCUT2D eigenvalue weighted by atomic mass is 10.3. The Balaban J connectivity index is 2.31. The van der Waals surface area contributed by atoms with E-state index in [1.165, 1.54) is 0 Å². The maximum absolute atomic E-state index is 11.4. The van der Waals surface area contributed by atoms with Gasteiger partial charge in [-0.15, -0.1) is 0 Å². The maximum Gasteiger partial charge on any atom is 0.416 e. The van der Waals surface area contributed by atoms with Gasteiger partial charge in [0.05, 0.1) is 0 Å². The van der Waals surface area contributed by atoms with Crippen LogP contribution in [0, 0.1) is 0 Å². The SMILES string of the molecule is C[Si](C)(C)CC=CNC(=O)Oc1ccccc1. The van der Waals surface area contributed by atoms with Crippen LogP contribution in [0.25, 0.3) is 0 Å². The predicted molar refractivity (Wildman–Crippen MR) is 72.9 cm³/mol. The fourth-order valence-electron chi connectivity index (χ4n) is 1.16. The van der Waals surface area contributed by atoms with Gasteiger partial charge >= 0.3 is 6.09 Å². The molecule has 1 N–H and O–H groups in total. The molecule has 0 aliphatic heterocycles. The zero-order valence-electron chi connectivity index (χ0n) is 10.6. The summed E-state index contributed by atoms with van der Waals surface area (Å²) in [5, 5.41) is 2.58. The molecule has 0 heterocycles. The van der Waals surface area contributed by atoms with Crippen molar-refractivity contribution in [2.45, 2.75) is 25.7 Å². The van der Waals surface area contributed by atoms with Gasteiger partial charge in [0, 0.05) is 14.3 Å². The Hall–Kier alpha value is -1.55. The number of amides is 1. The van der Waals surface area contributed by atoms with Crippen molar-refractivity contribution in [3.8, 4) is 5.75 Å². The second-order valence-electron chi connectivity index (χ2n) is 5.01. The van der Waals surface area contributed by atoms with Crippen LogP contribution in [0.1, 0.15) is 0 Å². The van der Waals surface area contributed by atoms with Gasteiger partial charge in [0.15, 0.2) is 0 Å². The molecule has 0 unspecified atom stereocenters. The molecule has 0 saturated heterocycles. The number of carbonyl (C=O) groups is 1. The highest BCUT2D eigenvalue weighted by Gasteiger charge is 2.09. The highest BCUT2D eigenvalue weighted by molar-refractivity contribution is 6.76. The molecule has 0 fully saturated rings. The molecule has 0 spiro atoms. The molecular formula is C13H19NO2Si. The number of carbonyl (C=O) groups excluding carboxylic acids is 1. The zero-order chi connectivity index (χ0) is 12.7. The van der Waals surface area contributed by atoms with E-state index in [1.54, 1.807) is 18.3 Å². The topological polar surface area (TPSA) is 38.3 Å². The van der Waals surface area contributed by atoms with Crippen LogP contribution < -0.4 is 10.1 Å². The summed E-state index contributed by atoms with van der Waals surface area (Å²) in [6.07, 6.45) is 3.19. The Morgan fingerprint density at radius 1 is 1.29 bits per heavy atom. The first-order valence-corrected chi connectivity index (χ1v) is 9.36. The van der Waals surface area contributed by atoms with Crippen LogP contribution in [-0.2, 0) is 0 Å². The average Bonchev–Trinajstić information content (AvgIpc) is 2.25. The third kappa shape index (κ3) is 6.58. The van der Waals surface area contributed by atoms with Crippen molar-refractivity contribution >= 4 is 14.2 Å². The second-order valence-corrected chi connectivity index (χ2v) is 10.5. The van der Waals surface area contributed by atoms with Gasteiger partial charge < -0.3 is 4.74 Å². The summed E-state index contributed by atoms with van der Waals surface area (Å²) >= 11 is 0. The van der Waals surface area contributed by atoms with Crippen molar-refractivity contribution in [3.05, 3.63) is 42.6 Å². The van der Waals surface area contributed by atoms with Crippen molar-refractivity contribution in [3.63, 3.8) is 0 Å². The van der Waals surface area contributed by atoms with E-state index >= 15 is 0 Å². The Morgan fingerprint density at radius 3 is 2.53 bits per heavy atom. The molecule has 92 valence electrons. The van der Waals surface area contributed by atoms with E-state index in [9.17, 15) is 4.79 Å². The number of allylic oxidation sites excluding steroid dienone is 1. The third-order valence-corrected chi connectivity index (χ3v) is 3.46. The Bertz CT molecular complexity index is 382. The molecule has 3 nitrogen and oxygen atoms in total. The molecule has 0 atom stereocenters. The Kier molecular flexibility index (Phi) is 4.97. The second kappa shape index (κ2) is 6.25. The minimum atomic E-state index is -1.08. The van der Waals surface area contributed by atoms with Crippen LogP contribution in [0.2, 0.25) is 25.7 Å². The third-order valence-electron chi connectivity index (χ3n) is 2.00.